The largest absolute Gasteiger partial charge is 0.394 e. The molecule has 1 heterocycles. The van der Waals surface area contributed by atoms with E-state index < -0.39 is 49.5 Å². The summed E-state index contributed by atoms with van der Waals surface area (Å²) in [7, 11) is 0. The molecule has 0 aliphatic carbocycles. The van der Waals surface area contributed by atoms with Crippen LogP contribution in [0.15, 0.2) is 0 Å². The molecule has 9 nitrogen and oxygen atoms in total. The number of unbranched alkanes of at least 4 members (excludes halogenated alkanes) is 32. The first-order valence-corrected chi connectivity index (χ1v) is 24.7. The van der Waals surface area contributed by atoms with Crippen LogP contribution in [0.4, 0.5) is 0 Å². The molecule has 0 spiro atoms. The SMILES string of the molecule is CCCCCCCCCCCCCCCCCCCCCCCCCCCCCCCCCCC(O)C(COC1OC(CO)C(O)C(O)C1O)NC(=O)CCCC. The predicted molar refractivity (Wildman–Crippen MR) is 235 cm³/mol. The number of aliphatic hydroxyl groups is 5. The molecule has 6 N–H and O–H groups in total. The van der Waals surface area contributed by atoms with Gasteiger partial charge in [-0.25, -0.2) is 0 Å². The van der Waals surface area contributed by atoms with E-state index in [1.807, 2.05) is 6.92 Å². The molecule has 0 bridgehead atoms. The molecule has 0 aromatic rings. The smallest absolute Gasteiger partial charge is 0.220 e. The molecule has 57 heavy (non-hydrogen) atoms. The Labute approximate surface area is 351 Å². The van der Waals surface area contributed by atoms with Gasteiger partial charge in [-0.15, -0.1) is 0 Å². The van der Waals surface area contributed by atoms with E-state index >= 15 is 0 Å². The summed E-state index contributed by atoms with van der Waals surface area (Å²) in [5.41, 5.74) is 0. The average molecular weight is 814 g/mol. The Morgan fingerprint density at radius 1 is 0.526 bits per heavy atom. The molecule has 0 aromatic heterocycles. The predicted octanol–water partition coefficient (Wildman–Crippen LogP) is 10.7. The number of amides is 1. The Balaban J connectivity index is 1.94. The van der Waals surface area contributed by atoms with E-state index in [9.17, 15) is 30.3 Å². The van der Waals surface area contributed by atoms with E-state index in [-0.39, 0.29) is 12.5 Å². The molecular weight excluding hydrogens is 719 g/mol. The maximum Gasteiger partial charge on any atom is 0.220 e. The Kier molecular flexibility index (Phi) is 37.4. The van der Waals surface area contributed by atoms with Crippen molar-refractivity contribution < 1.29 is 39.8 Å². The summed E-state index contributed by atoms with van der Waals surface area (Å²) in [6.45, 7) is 3.61. The van der Waals surface area contributed by atoms with Gasteiger partial charge in [-0.05, 0) is 12.8 Å². The van der Waals surface area contributed by atoms with E-state index in [2.05, 4.69) is 12.2 Å². The van der Waals surface area contributed by atoms with E-state index in [1.54, 1.807) is 0 Å². The molecule has 7 atom stereocenters. The number of nitrogens with one attached hydrogen (secondary N) is 1. The lowest BCUT2D eigenvalue weighted by molar-refractivity contribution is -0.302. The summed E-state index contributed by atoms with van der Waals surface area (Å²) >= 11 is 0. The number of aliphatic hydroxyl groups excluding tert-OH is 5. The van der Waals surface area contributed by atoms with E-state index in [0.29, 0.717) is 12.8 Å². The Bertz CT molecular complexity index is 862. The summed E-state index contributed by atoms with van der Waals surface area (Å²) < 4.78 is 11.1. The zero-order chi connectivity index (χ0) is 41.6. The van der Waals surface area contributed by atoms with Gasteiger partial charge in [0.15, 0.2) is 6.29 Å². The Morgan fingerprint density at radius 2 is 0.877 bits per heavy atom. The second kappa shape index (κ2) is 39.3. The van der Waals surface area contributed by atoms with Crippen molar-refractivity contribution in [2.75, 3.05) is 13.2 Å². The lowest BCUT2D eigenvalue weighted by Gasteiger charge is -2.40. The van der Waals surface area contributed by atoms with E-state index in [0.717, 1.165) is 32.1 Å². The van der Waals surface area contributed by atoms with E-state index in [1.165, 1.54) is 186 Å². The standard InChI is InChI=1S/C48H95NO8/c1-3-5-7-8-9-10-11-12-13-14-15-16-17-18-19-20-21-22-23-24-25-26-27-28-29-30-31-32-33-34-35-36-37-42(51)41(49-44(52)38-6-4-2)40-56-48-47(55)46(54)45(53)43(39-50)57-48/h41-43,45-48,50-51,53-55H,3-40H2,1-2H3,(H,49,52). The molecule has 1 rings (SSSR count). The molecule has 0 radical (unpaired) electrons. The first kappa shape index (κ1) is 54.2. The summed E-state index contributed by atoms with van der Waals surface area (Å²) in [6, 6.07) is -0.708. The van der Waals surface area contributed by atoms with Crippen LogP contribution in [0.2, 0.25) is 0 Å². The minimum atomic E-state index is -1.55. The van der Waals surface area contributed by atoms with E-state index in [4.69, 9.17) is 9.47 Å². The van der Waals surface area contributed by atoms with Crippen LogP contribution in [0, 0.1) is 0 Å². The lowest BCUT2D eigenvalue weighted by atomic mass is 9.99. The molecule has 1 fully saturated rings. The van der Waals surface area contributed by atoms with Crippen molar-refractivity contribution in [3.05, 3.63) is 0 Å². The highest BCUT2D eigenvalue weighted by Crippen LogP contribution is 2.23. The fraction of sp³-hybridized carbons (Fsp3) is 0.979. The number of carbonyl (C=O) groups is 1. The fourth-order valence-corrected chi connectivity index (χ4v) is 8.20. The van der Waals surface area contributed by atoms with Crippen molar-refractivity contribution in [1.29, 1.82) is 0 Å². The highest BCUT2D eigenvalue weighted by molar-refractivity contribution is 5.76. The monoisotopic (exact) mass is 814 g/mol. The third-order valence-electron chi connectivity index (χ3n) is 12.2. The average Bonchev–Trinajstić information content (AvgIpc) is 3.21. The van der Waals surface area contributed by atoms with Crippen LogP contribution in [-0.4, -0.2) is 87.5 Å². The highest BCUT2D eigenvalue weighted by Gasteiger charge is 2.44. The molecule has 7 unspecified atom stereocenters. The topological polar surface area (TPSA) is 149 Å². The molecule has 1 aliphatic rings. The van der Waals surface area contributed by atoms with Gasteiger partial charge in [0.1, 0.15) is 24.4 Å². The molecule has 1 amide bonds. The number of carbonyl (C=O) groups excluding carboxylic acids is 1. The van der Waals surface area contributed by atoms with Gasteiger partial charge in [0.2, 0.25) is 5.91 Å². The van der Waals surface area contributed by atoms with Crippen LogP contribution in [0.5, 0.6) is 0 Å². The van der Waals surface area contributed by atoms with Crippen LogP contribution in [0.3, 0.4) is 0 Å². The number of ether oxygens (including phenoxy) is 2. The molecule has 1 saturated heterocycles. The number of rotatable bonds is 42. The van der Waals surface area contributed by atoms with Crippen LogP contribution in [-0.2, 0) is 14.3 Å². The second-order valence-electron chi connectivity index (χ2n) is 17.6. The van der Waals surface area contributed by atoms with Gasteiger partial charge in [-0.3, -0.25) is 4.79 Å². The summed E-state index contributed by atoms with van der Waals surface area (Å²) in [5.74, 6) is -0.177. The van der Waals surface area contributed by atoms with Crippen molar-refractivity contribution in [3.8, 4) is 0 Å². The Morgan fingerprint density at radius 3 is 1.23 bits per heavy atom. The molecule has 1 aliphatic heterocycles. The second-order valence-corrected chi connectivity index (χ2v) is 17.6. The minimum Gasteiger partial charge on any atom is -0.394 e. The van der Waals surface area contributed by atoms with Gasteiger partial charge >= 0.3 is 0 Å². The van der Waals surface area contributed by atoms with Gasteiger partial charge in [0, 0.05) is 6.42 Å². The lowest BCUT2D eigenvalue weighted by Crippen LogP contribution is -2.60. The Hall–Kier alpha value is -0.810. The van der Waals surface area contributed by atoms with Gasteiger partial charge in [-0.2, -0.15) is 0 Å². The summed E-state index contributed by atoms with van der Waals surface area (Å²) in [4.78, 5) is 12.5. The maximum atomic E-state index is 12.5. The normalized spacial score (nSPS) is 20.9. The number of hydrogen-bond donors (Lipinski definition) is 6. The summed E-state index contributed by atoms with van der Waals surface area (Å²) in [5, 5.41) is 53.7. The molecule has 9 heteroatoms. The van der Waals surface area contributed by atoms with Crippen LogP contribution in [0.1, 0.15) is 245 Å². The van der Waals surface area contributed by atoms with Crippen LogP contribution >= 0.6 is 0 Å². The molecule has 0 saturated carbocycles. The van der Waals surface area contributed by atoms with Crippen molar-refractivity contribution in [2.45, 2.75) is 288 Å². The fourth-order valence-electron chi connectivity index (χ4n) is 8.20. The van der Waals surface area contributed by atoms with Crippen molar-refractivity contribution in [1.82, 2.24) is 5.32 Å². The maximum absolute atomic E-state index is 12.5. The van der Waals surface area contributed by atoms with Gasteiger partial charge < -0.3 is 40.3 Å². The van der Waals surface area contributed by atoms with Crippen molar-refractivity contribution in [3.63, 3.8) is 0 Å². The van der Waals surface area contributed by atoms with Gasteiger partial charge in [-0.1, -0.05) is 226 Å². The minimum absolute atomic E-state index is 0.138. The first-order valence-electron chi connectivity index (χ1n) is 24.7. The third kappa shape index (κ3) is 30.0. The van der Waals surface area contributed by atoms with Gasteiger partial charge in [0.05, 0.1) is 25.4 Å². The van der Waals surface area contributed by atoms with Gasteiger partial charge in [0.25, 0.3) is 0 Å². The first-order chi connectivity index (χ1) is 27.8. The van der Waals surface area contributed by atoms with Crippen molar-refractivity contribution in [2.24, 2.45) is 0 Å². The van der Waals surface area contributed by atoms with Crippen LogP contribution < -0.4 is 5.32 Å². The molecular formula is C48H95NO8. The molecule has 340 valence electrons. The zero-order valence-corrected chi connectivity index (χ0v) is 37.4. The summed E-state index contributed by atoms with van der Waals surface area (Å²) in [6.07, 6.45) is 38.5. The van der Waals surface area contributed by atoms with Crippen molar-refractivity contribution >= 4 is 5.91 Å². The quantitative estimate of drug-likeness (QED) is 0.0334. The highest BCUT2D eigenvalue weighted by atomic mass is 16.7. The van der Waals surface area contributed by atoms with Crippen LogP contribution in [0.25, 0.3) is 0 Å². The molecule has 0 aromatic carbocycles. The number of hydrogen-bond acceptors (Lipinski definition) is 8. The zero-order valence-electron chi connectivity index (χ0n) is 37.4. The third-order valence-corrected chi connectivity index (χ3v) is 12.2.